The first kappa shape index (κ1) is 9.80. The van der Waals surface area contributed by atoms with Crippen LogP contribution in [0.4, 0.5) is 0 Å². The van der Waals surface area contributed by atoms with Crippen LogP contribution in [-0.2, 0) is 0 Å². The van der Waals surface area contributed by atoms with Gasteiger partial charge in [-0.05, 0) is 56.3 Å². The Morgan fingerprint density at radius 3 is 2.18 bits per heavy atom. The summed E-state index contributed by atoms with van der Waals surface area (Å²) in [5.41, 5.74) is -0.0948. The smallest absolute Gasteiger partial charge is 0.254 e. The van der Waals surface area contributed by atoms with Gasteiger partial charge in [0.05, 0.1) is 5.41 Å². The van der Waals surface area contributed by atoms with E-state index in [1.165, 1.54) is 30.3 Å². The second-order valence-electron chi connectivity index (χ2n) is 6.34. The minimum atomic E-state index is -0.0948. The Labute approximate surface area is 100 Å². The van der Waals surface area contributed by atoms with Crippen LogP contribution in [0, 0.1) is 23.2 Å². The lowest BCUT2D eigenvalue weighted by atomic mass is 9.49. The Hall–Kier alpha value is -1.19. The van der Waals surface area contributed by atoms with E-state index in [4.69, 9.17) is 0 Å². The van der Waals surface area contributed by atoms with Crippen molar-refractivity contribution < 1.29 is 4.79 Å². The van der Waals surface area contributed by atoms with Crippen LogP contribution in [0.15, 0.2) is 12.7 Å². The highest BCUT2D eigenvalue weighted by Crippen LogP contribution is 2.60. The van der Waals surface area contributed by atoms with Crippen LogP contribution in [0.25, 0.3) is 0 Å². The molecule has 90 valence electrons. The summed E-state index contributed by atoms with van der Waals surface area (Å²) in [6, 6.07) is 0. The summed E-state index contributed by atoms with van der Waals surface area (Å²) in [4.78, 5) is 16.5. The fourth-order valence-corrected chi connectivity index (χ4v) is 4.93. The number of aromatic nitrogens is 3. The minimum absolute atomic E-state index is 0.0948. The molecule has 1 aromatic rings. The van der Waals surface area contributed by atoms with Gasteiger partial charge in [-0.1, -0.05) is 0 Å². The SMILES string of the molecule is O=C(n1cncn1)C12CC3CC(CC(C3)C1)C2. The van der Waals surface area contributed by atoms with E-state index < -0.39 is 0 Å². The summed E-state index contributed by atoms with van der Waals surface area (Å²) < 4.78 is 1.47. The third-order valence-electron chi connectivity index (χ3n) is 5.12. The minimum Gasteiger partial charge on any atom is -0.272 e. The Morgan fingerprint density at radius 1 is 1.12 bits per heavy atom. The Balaban J connectivity index is 1.71. The van der Waals surface area contributed by atoms with Gasteiger partial charge in [0.25, 0.3) is 5.91 Å². The second kappa shape index (κ2) is 3.18. The zero-order valence-corrected chi connectivity index (χ0v) is 9.88. The summed E-state index contributed by atoms with van der Waals surface area (Å²) in [6.07, 6.45) is 10.4. The molecule has 4 bridgehead atoms. The zero-order chi connectivity index (χ0) is 11.5. The maximum absolute atomic E-state index is 12.6. The van der Waals surface area contributed by atoms with Crippen molar-refractivity contribution in [3.05, 3.63) is 12.7 Å². The molecule has 0 saturated heterocycles. The van der Waals surface area contributed by atoms with E-state index in [1.807, 2.05) is 0 Å². The van der Waals surface area contributed by atoms with Gasteiger partial charge in [0.1, 0.15) is 12.7 Å². The number of rotatable bonds is 1. The van der Waals surface area contributed by atoms with Gasteiger partial charge in [-0.15, -0.1) is 0 Å². The molecule has 5 rings (SSSR count). The lowest BCUT2D eigenvalue weighted by molar-refractivity contribution is -0.0409. The van der Waals surface area contributed by atoms with E-state index in [0.717, 1.165) is 37.0 Å². The molecule has 4 fully saturated rings. The molecule has 0 N–H and O–H groups in total. The highest BCUT2D eigenvalue weighted by atomic mass is 16.2. The standard InChI is InChI=1S/C13H17N3O/c17-12(16-8-14-7-15-16)13-4-9-1-10(5-13)3-11(2-9)6-13/h7-11H,1-6H2. The number of carbonyl (C=O) groups is 1. The van der Waals surface area contributed by atoms with Gasteiger partial charge in [-0.2, -0.15) is 9.78 Å². The average Bonchev–Trinajstić information content (AvgIpc) is 2.79. The van der Waals surface area contributed by atoms with E-state index in [-0.39, 0.29) is 11.3 Å². The summed E-state index contributed by atoms with van der Waals surface area (Å²) in [5, 5.41) is 4.03. The summed E-state index contributed by atoms with van der Waals surface area (Å²) >= 11 is 0. The number of carbonyl (C=O) groups excluding carboxylic acids is 1. The molecule has 0 spiro atoms. The molecule has 0 aromatic carbocycles. The molecule has 1 heterocycles. The van der Waals surface area contributed by atoms with Gasteiger partial charge in [0.15, 0.2) is 0 Å². The van der Waals surface area contributed by atoms with Gasteiger partial charge < -0.3 is 0 Å². The van der Waals surface area contributed by atoms with Crippen LogP contribution in [0.2, 0.25) is 0 Å². The largest absolute Gasteiger partial charge is 0.272 e. The quantitative estimate of drug-likeness (QED) is 0.744. The van der Waals surface area contributed by atoms with Crippen molar-refractivity contribution in [2.75, 3.05) is 0 Å². The van der Waals surface area contributed by atoms with Crippen LogP contribution in [0.3, 0.4) is 0 Å². The lowest BCUT2D eigenvalue weighted by Gasteiger charge is -2.55. The molecule has 0 amide bonds. The maximum Gasteiger partial charge on any atom is 0.254 e. The number of nitrogens with zero attached hydrogens (tertiary/aromatic N) is 3. The molecular weight excluding hydrogens is 214 g/mol. The Morgan fingerprint density at radius 2 is 1.71 bits per heavy atom. The van der Waals surface area contributed by atoms with Gasteiger partial charge >= 0.3 is 0 Å². The fourth-order valence-electron chi connectivity index (χ4n) is 4.93. The second-order valence-corrected chi connectivity index (χ2v) is 6.34. The lowest BCUT2D eigenvalue weighted by Crippen LogP contribution is -2.51. The topological polar surface area (TPSA) is 47.8 Å². The molecule has 4 saturated carbocycles. The highest BCUT2D eigenvalue weighted by molar-refractivity contribution is 5.84. The van der Waals surface area contributed by atoms with Gasteiger partial charge in [-0.3, -0.25) is 4.79 Å². The van der Waals surface area contributed by atoms with Gasteiger partial charge in [0, 0.05) is 0 Å². The molecule has 0 atom stereocenters. The van der Waals surface area contributed by atoms with Crippen LogP contribution in [-0.4, -0.2) is 20.7 Å². The predicted molar refractivity (Wildman–Crippen MR) is 61.3 cm³/mol. The molecule has 1 aromatic heterocycles. The molecule has 0 aliphatic heterocycles. The van der Waals surface area contributed by atoms with Crippen LogP contribution < -0.4 is 0 Å². The molecule has 4 nitrogen and oxygen atoms in total. The molecule has 4 heteroatoms. The summed E-state index contributed by atoms with van der Waals surface area (Å²) in [5.74, 6) is 2.60. The molecular formula is C13H17N3O. The van der Waals surface area contributed by atoms with Crippen molar-refractivity contribution in [2.45, 2.75) is 38.5 Å². The molecule has 17 heavy (non-hydrogen) atoms. The number of hydrogen-bond acceptors (Lipinski definition) is 3. The van der Waals surface area contributed by atoms with E-state index in [1.54, 1.807) is 6.33 Å². The first-order valence-corrected chi connectivity index (χ1v) is 6.65. The van der Waals surface area contributed by atoms with E-state index >= 15 is 0 Å². The van der Waals surface area contributed by atoms with E-state index in [9.17, 15) is 4.79 Å². The number of hydrogen-bond donors (Lipinski definition) is 0. The monoisotopic (exact) mass is 231 g/mol. The first-order valence-electron chi connectivity index (χ1n) is 6.65. The van der Waals surface area contributed by atoms with Crippen molar-refractivity contribution >= 4 is 5.91 Å². The van der Waals surface area contributed by atoms with Crippen molar-refractivity contribution in [1.82, 2.24) is 14.8 Å². The third-order valence-corrected chi connectivity index (χ3v) is 5.12. The summed E-state index contributed by atoms with van der Waals surface area (Å²) in [7, 11) is 0. The zero-order valence-electron chi connectivity index (χ0n) is 9.88. The van der Waals surface area contributed by atoms with Crippen molar-refractivity contribution in [3.8, 4) is 0 Å². The Kier molecular flexibility index (Phi) is 1.83. The van der Waals surface area contributed by atoms with Crippen molar-refractivity contribution in [2.24, 2.45) is 23.2 Å². The van der Waals surface area contributed by atoms with Crippen LogP contribution in [0.1, 0.15) is 43.3 Å². The average molecular weight is 231 g/mol. The van der Waals surface area contributed by atoms with E-state index in [0.29, 0.717) is 0 Å². The van der Waals surface area contributed by atoms with Crippen LogP contribution in [0.5, 0.6) is 0 Å². The van der Waals surface area contributed by atoms with Crippen LogP contribution >= 0.6 is 0 Å². The maximum atomic E-state index is 12.6. The normalized spacial score (nSPS) is 42.9. The fraction of sp³-hybridized carbons (Fsp3) is 0.769. The molecule has 4 aliphatic rings. The van der Waals surface area contributed by atoms with E-state index in [2.05, 4.69) is 10.1 Å². The highest BCUT2D eigenvalue weighted by Gasteiger charge is 2.55. The molecule has 0 unspecified atom stereocenters. The Bertz CT molecular complexity index is 416. The van der Waals surface area contributed by atoms with Gasteiger partial charge in [0.2, 0.25) is 0 Å². The molecule has 4 aliphatic carbocycles. The van der Waals surface area contributed by atoms with Gasteiger partial charge in [-0.25, -0.2) is 4.98 Å². The molecule has 0 radical (unpaired) electrons. The summed E-state index contributed by atoms with van der Waals surface area (Å²) in [6.45, 7) is 0. The first-order chi connectivity index (χ1) is 8.25. The third kappa shape index (κ3) is 1.33. The predicted octanol–water partition coefficient (Wildman–Crippen LogP) is 2.13. The van der Waals surface area contributed by atoms with Crippen molar-refractivity contribution in [3.63, 3.8) is 0 Å². The van der Waals surface area contributed by atoms with Crippen molar-refractivity contribution in [1.29, 1.82) is 0 Å².